The minimum Gasteiger partial charge on any atom is -0.379 e. The molecule has 0 spiro atoms. The molecule has 0 aromatic carbocycles. The fraction of sp³-hybridized carbons (Fsp3) is 0.800. The first-order chi connectivity index (χ1) is 12.4. The van der Waals surface area contributed by atoms with Crippen LogP contribution in [0.5, 0.6) is 0 Å². The lowest BCUT2D eigenvalue weighted by Crippen LogP contribution is -2.44. The van der Waals surface area contributed by atoms with Crippen LogP contribution in [0.2, 0.25) is 0 Å². The summed E-state index contributed by atoms with van der Waals surface area (Å²) >= 11 is 0. The standard InChI is InChI=1S/C20H32N3O2/c1-2-15-24-16-18(8-1)25-20-10-4-9-19(21-20)23-12-5-11-22(13-14-23)17-6-3-7-17/h4,10,17-18,20-21H,1-3,5-8,11-16H2. The van der Waals surface area contributed by atoms with Crippen LogP contribution in [-0.2, 0) is 9.47 Å². The van der Waals surface area contributed by atoms with Gasteiger partial charge in [0.25, 0.3) is 0 Å². The van der Waals surface area contributed by atoms with E-state index in [4.69, 9.17) is 9.47 Å². The molecule has 2 atom stereocenters. The van der Waals surface area contributed by atoms with Crippen LogP contribution in [0.25, 0.3) is 0 Å². The minimum absolute atomic E-state index is 0.0612. The average molecular weight is 346 g/mol. The first-order valence-electron chi connectivity index (χ1n) is 10.2. The Bertz CT molecular complexity index is 481. The molecule has 5 heteroatoms. The molecule has 25 heavy (non-hydrogen) atoms. The summed E-state index contributed by atoms with van der Waals surface area (Å²) in [5.74, 6) is 1.09. The van der Waals surface area contributed by atoms with E-state index in [9.17, 15) is 0 Å². The molecular weight excluding hydrogens is 314 g/mol. The summed E-state index contributed by atoms with van der Waals surface area (Å²) in [6.07, 6.45) is 16.5. The Balaban J connectivity index is 1.28. The second kappa shape index (κ2) is 8.56. The molecular formula is C20H32N3O2. The highest BCUT2D eigenvalue weighted by atomic mass is 16.5. The Kier molecular flexibility index (Phi) is 5.95. The number of ether oxygens (including phenoxy) is 2. The predicted octanol–water partition coefficient (Wildman–Crippen LogP) is 2.26. The Morgan fingerprint density at radius 1 is 1.04 bits per heavy atom. The first kappa shape index (κ1) is 17.4. The third kappa shape index (κ3) is 4.57. The summed E-state index contributed by atoms with van der Waals surface area (Å²) in [6.45, 7) is 6.18. The van der Waals surface area contributed by atoms with Crippen molar-refractivity contribution < 1.29 is 9.47 Å². The number of nitrogens with one attached hydrogen (secondary N) is 1. The SMILES string of the molecule is [C]1=C(N2CCCN(C3CCC3)CC2)NC(OC2CCCCOC2)C=C1. The lowest BCUT2D eigenvalue weighted by atomic mass is 9.91. The van der Waals surface area contributed by atoms with Crippen molar-refractivity contribution in [3.05, 3.63) is 24.0 Å². The lowest BCUT2D eigenvalue weighted by Gasteiger charge is -2.37. The van der Waals surface area contributed by atoms with Gasteiger partial charge in [-0.2, -0.15) is 0 Å². The zero-order valence-corrected chi connectivity index (χ0v) is 15.3. The van der Waals surface area contributed by atoms with Crippen molar-refractivity contribution in [2.75, 3.05) is 39.4 Å². The summed E-state index contributed by atoms with van der Waals surface area (Å²) in [5, 5.41) is 3.54. The largest absolute Gasteiger partial charge is 0.379 e. The van der Waals surface area contributed by atoms with Crippen LogP contribution >= 0.6 is 0 Å². The third-order valence-electron chi connectivity index (χ3n) is 5.92. The highest BCUT2D eigenvalue weighted by molar-refractivity contribution is 5.13. The molecule has 1 saturated carbocycles. The maximum absolute atomic E-state index is 6.23. The van der Waals surface area contributed by atoms with Crippen molar-refractivity contribution >= 4 is 0 Å². The van der Waals surface area contributed by atoms with E-state index in [2.05, 4.69) is 27.3 Å². The van der Waals surface area contributed by atoms with E-state index in [1.807, 2.05) is 6.08 Å². The molecule has 3 fully saturated rings. The third-order valence-corrected chi connectivity index (χ3v) is 5.92. The van der Waals surface area contributed by atoms with Crippen LogP contribution in [0.4, 0.5) is 0 Å². The number of rotatable bonds is 4. The van der Waals surface area contributed by atoms with Gasteiger partial charge in [0.1, 0.15) is 12.0 Å². The molecule has 0 aromatic heterocycles. The van der Waals surface area contributed by atoms with Crippen LogP contribution in [0, 0.1) is 6.08 Å². The van der Waals surface area contributed by atoms with Gasteiger partial charge in [-0.1, -0.05) is 12.5 Å². The second-order valence-electron chi connectivity index (χ2n) is 7.71. The van der Waals surface area contributed by atoms with Crippen molar-refractivity contribution in [3.8, 4) is 0 Å². The van der Waals surface area contributed by atoms with Crippen LogP contribution < -0.4 is 5.32 Å². The molecule has 0 amide bonds. The van der Waals surface area contributed by atoms with E-state index in [0.29, 0.717) is 0 Å². The summed E-state index contributed by atoms with van der Waals surface area (Å²) in [7, 11) is 0. The molecule has 2 saturated heterocycles. The average Bonchev–Trinajstić information content (AvgIpc) is 2.97. The molecule has 1 N–H and O–H groups in total. The number of hydrogen-bond acceptors (Lipinski definition) is 5. The summed E-state index contributed by atoms with van der Waals surface area (Å²) in [6, 6.07) is 0.850. The second-order valence-corrected chi connectivity index (χ2v) is 7.71. The summed E-state index contributed by atoms with van der Waals surface area (Å²) in [5.41, 5.74) is 0. The van der Waals surface area contributed by atoms with Gasteiger partial charge >= 0.3 is 0 Å². The van der Waals surface area contributed by atoms with Crippen LogP contribution in [0.15, 0.2) is 18.0 Å². The van der Waals surface area contributed by atoms with Gasteiger partial charge in [-0.3, -0.25) is 4.90 Å². The molecule has 4 aliphatic rings. The van der Waals surface area contributed by atoms with Crippen LogP contribution in [0.3, 0.4) is 0 Å². The fourth-order valence-electron chi connectivity index (χ4n) is 4.17. The highest BCUT2D eigenvalue weighted by Crippen LogP contribution is 2.26. The molecule has 1 radical (unpaired) electrons. The molecule has 139 valence electrons. The van der Waals surface area contributed by atoms with Crippen LogP contribution in [0.1, 0.15) is 44.9 Å². The predicted molar refractivity (Wildman–Crippen MR) is 97.8 cm³/mol. The Labute approximate surface area is 152 Å². The number of hydrogen-bond donors (Lipinski definition) is 1. The lowest BCUT2D eigenvalue weighted by molar-refractivity contribution is -0.0447. The van der Waals surface area contributed by atoms with E-state index in [1.165, 1.54) is 45.2 Å². The van der Waals surface area contributed by atoms with E-state index >= 15 is 0 Å². The van der Waals surface area contributed by atoms with Gasteiger partial charge in [0.15, 0.2) is 0 Å². The Hall–Kier alpha value is -1.04. The van der Waals surface area contributed by atoms with Crippen molar-refractivity contribution in [1.82, 2.24) is 15.1 Å². The molecule has 2 unspecified atom stereocenters. The zero-order valence-electron chi connectivity index (χ0n) is 15.3. The molecule has 3 heterocycles. The zero-order chi connectivity index (χ0) is 16.9. The van der Waals surface area contributed by atoms with Crippen molar-refractivity contribution in [1.29, 1.82) is 0 Å². The first-order valence-corrected chi connectivity index (χ1v) is 10.2. The van der Waals surface area contributed by atoms with Gasteiger partial charge in [-0.05, 0) is 44.6 Å². The molecule has 3 aliphatic heterocycles. The van der Waals surface area contributed by atoms with Crippen molar-refractivity contribution in [3.63, 3.8) is 0 Å². The topological polar surface area (TPSA) is 37.0 Å². The van der Waals surface area contributed by atoms with Gasteiger partial charge < -0.3 is 19.7 Å². The quantitative estimate of drug-likeness (QED) is 0.845. The van der Waals surface area contributed by atoms with Crippen molar-refractivity contribution in [2.24, 2.45) is 0 Å². The molecule has 4 rings (SSSR count). The van der Waals surface area contributed by atoms with Gasteiger partial charge in [0.2, 0.25) is 0 Å². The molecule has 0 aromatic rings. The smallest absolute Gasteiger partial charge is 0.148 e. The normalized spacial score (nSPS) is 32.3. The van der Waals surface area contributed by atoms with E-state index in [0.717, 1.165) is 51.0 Å². The highest BCUT2D eigenvalue weighted by Gasteiger charge is 2.28. The van der Waals surface area contributed by atoms with E-state index < -0.39 is 0 Å². The summed E-state index contributed by atoms with van der Waals surface area (Å²) < 4.78 is 11.9. The summed E-state index contributed by atoms with van der Waals surface area (Å²) in [4.78, 5) is 5.14. The monoisotopic (exact) mass is 346 g/mol. The van der Waals surface area contributed by atoms with Gasteiger partial charge in [-0.25, -0.2) is 0 Å². The maximum Gasteiger partial charge on any atom is 0.148 e. The van der Waals surface area contributed by atoms with Gasteiger partial charge in [-0.15, -0.1) is 0 Å². The molecule has 5 nitrogen and oxygen atoms in total. The Morgan fingerprint density at radius 3 is 2.88 bits per heavy atom. The number of nitrogens with zero attached hydrogens (tertiary/aromatic N) is 2. The number of dihydropyridines is 1. The van der Waals surface area contributed by atoms with Gasteiger partial charge in [0.05, 0.1) is 12.7 Å². The fourth-order valence-corrected chi connectivity index (χ4v) is 4.17. The molecule has 0 bridgehead atoms. The van der Waals surface area contributed by atoms with E-state index in [-0.39, 0.29) is 12.3 Å². The van der Waals surface area contributed by atoms with Crippen LogP contribution in [-0.4, -0.2) is 67.6 Å². The molecule has 1 aliphatic carbocycles. The van der Waals surface area contributed by atoms with Gasteiger partial charge in [0, 0.05) is 44.9 Å². The number of allylic oxidation sites excluding steroid dienone is 2. The minimum atomic E-state index is -0.0612. The Morgan fingerprint density at radius 2 is 2.00 bits per heavy atom. The van der Waals surface area contributed by atoms with Crippen molar-refractivity contribution in [2.45, 2.75) is 63.3 Å². The maximum atomic E-state index is 6.23. The van der Waals surface area contributed by atoms with E-state index in [1.54, 1.807) is 0 Å².